The molecule has 0 bridgehead atoms. The lowest BCUT2D eigenvalue weighted by Crippen LogP contribution is -2.41. The van der Waals surface area contributed by atoms with E-state index in [2.05, 4.69) is 14.7 Å². The van der Waals surface area contributed by atoms with Gasteiger partial charge in [0.05, 0.1) is 26.0 Å². The Morgan fingerprint density at radius 1 is 1.40 bits per heavy atom. The minimum absolute atomic E-state index is 0.0734. The fraction of sp³-hybridized carbons (Fsp3) is 0.538. The highest BCUT2D eigenvalue weighted by Crippen LogP contribution is 2.26. The van der Waals surface area contributed by atoms with E-state index < -0.39 is 11.9 Å². The summed E-state index contributed by atoms with van der Waals surface area (Å²) < 4.78 is 4.63. The van der Waals surface area contributed by atoms with Crippen LogP contribution in [0.4, 0.5) is 5.82 Å². The molecule has 7 heteroatoms. The number of primary amides is 1. The van der Waals surface area contributed by atoms with Gasteiger partial charge in [0.2, 0.25) is 5.91 Å². The first-order valence-corrected chi connectivity index (χ1v) is 6.57. The summed E-state index contributed by atoms with van der Waals surface area (Å²) >= 11 is 0. The molecular formula is C13H18N4O3. The van der Waals surface area contributed by atoms with Crippen LogP contribution in [0.1, 0.15) is 36.2 Å². The number of aromatic nitrogens is 2. The Morgan fingerprint density at radius 3 is 2.70 bits per heavy atom. The highest BCUT2D eigenvalue weighted by atomic mass is 16.5. The molecule has 108 valence electrons. The van der Waals surface area contributed by atoms with Gasteiger partial charge in [0.25, 0.3) is 0 Å². The third-order valence-corrected chi connectivity index (χ3v) is 3.40. The Bertz CT molecular complexity index is 500. The summed E-state index contributed by atoms with van der Waals surface area (Å²) in [6.07, 6.45) is 7.07. The Labute approximate surface area is 117 Å². The van der Waals surface area contributed by atoms with Crippen molar-refractivity contribution < 1.29 is 14.3 Å². The lowest BCUT2D eigenvalue weighted by molar-refractivity contribution is -0.116. The molecule has 0 spiro atoms. The molecular weight excluding hydrogens is 260 g/mol. The molecule has 0 aromatic carbocycles. The van der Waals surface area contributed by atoms with Crippen LogP contribution in [0.25, 0.3) is 0 Å². The van der Waals surface area contributed by atoms with Gasteiger partial charge in [-0.3, -0.25) is 9.78 Å². The Kier molecular flexibility index (Phi) is 4.49. The summed E-state index contributed by atoms with van der Waals surface area (Å²) in [5, 5.41) is 0. The van der Waals surface area contributed by atoms with Gasteiger partial charge in [-0.25, -0.2) is 9.78 Å². The lowest BCUT2D eigenvalue weighted by Gasteiger charge is -2.28. The fourth-order valence-electron chi connectivity index (χ4n) is 2.48. The molecule has 1 heterocycles. The van der Waals surface area contributed by atoms with E-state index in [1.54, 1.807) is 0 Å². The molecule has 2 rings (SSSR count). The monoisotopic (exact) mass is 278 g/mol. The van der Waals surface area contributed by atoms with E-state index in [0.29, 0.717) is 5.82 Å². The van der Waals surface area contributed by atoms with Crippen LogP contribution in [-0.2, 0) is 9.53 Å². The zero-order valence-electron chi connectivity index (χ0n) is 11.4. The maximum Gasteiger partial charge on any atom is 0.358 e. The van der Waals surface area contributed by atoms with Gasteiger partial charge in [0.1, 0.15) is 5.82 Å². The fourth-order valence-corrected chi connectivity index (χ4v) is 2.48. The first-order chi connectivity index (χ1) is 9.61. The van der Waals surface area contributed by atoms with Crippen molar-refractivity contribution in [1.29, 1.82) is 0 Å². The molecule has 0 unspecified atom stereocenters. The second-order valence-corrected chi connectivity index (χ2v) is 4.79. The molecule has 0 saturated heterocycles. The van der Waals surface area contributed by atoms with Crippen LogP contribution in [0.2, 0.25) is 0 Å². The lowest BCUT2D eigenvalue weighted by atomic mass is 10.2. The molecule has 1 saturated carbocycles. The molecule has 1 fully saturated rings. The summed E-state index contributed by atoms with van der Waals surface area (Å²) in [5.41, 5.74) is 5.42. The summed E-state index contributed by atoms with van der Waals surface area (Å²) in [7, 11) is 1.29. The number of methoxy groups -OCH3 is 1. The van der Waals surface area contributed by atoms with Crippen molar-refractivity contribution in [3.05, 3.63) is 18.1 Å². The highest BCUT2D eigenvalue weighted by molar-refractivity contribution is 5.87. The summed E-state index contributed by atoms with van der Waals surface area (Å²) in [6, 6.07) is 0.213. The maximum atomic E-state index is 11.5. The molecule has 1 aliphatic rings. The van der Waals surface area contributed by atoms with Gasteiger partial charge in [0.15, 0.2) is 5.69 Å². The van der Waals surface area contributed by atoms with Crippen molar-refractivity contribution in [2.24, 2.45) is 5.73 Å². The number of nitrogens with two attached hydrogens (primary N) is 1. The van der Waals surface area contributed by atoms with Crippen molar-refractivity contribution in [2.75, 3.05) is 18.6 Å². The number of amides is 1. The van der Waals surface area contributed by atoms with E-state index in [9.17, 15) is 9.59 Å². The van der Waals surface area contributed by atoms with Crippen LogP contribution in [0.5, 0.6) is 0 Å². The molecule has 20 heavy (non-hydrogen) atoms. The zero-order chi connectivity index (χ0) is 14.5. The number of rotatable bonds is 5. The van der Waals surface area contributed by atoms with Crippen LogP contribution >= 0.6 is 0 Å². The maximum absolute atomic E-state index is 11.5. The first-order valence-electron chi connectivity index (χ1n) is 6.57. The minimum atomic E-state index is -0.551. The second kappa shape index (κ2) is 6.31. The molecule has 2 N–H and O–H groups in total. The van der Waals surface area contributed by atoms with E-state index in [-0.39, 0.29) is 18.3 Å². The minimum Gasteiger partial charge on any atom is -0.464 e. The Hall–Kier alpha value is -2.18. The number of hydrogen-bond donors (Lipinski definition) is 1. The Balaban J connectivity index is 2.27. The quantitative estimate of drug-likeness (QED) is 0.787. The number of nitrogens with zero attached hydrogens (tertiary/aromatic N) is 3. The average Bonchev–Trinajstić information content (AvgIpc) is 2.97. The topological polar surface area (TPSA) is 98.4 Å². The molecule has 0 atom stereocenters. The van der Waals surface area contributed by atoms with E-state index in [1.165, 1.54) is 19.5 Å². The second-order valence-electron chi connectivity index (χ2n) is 4.79. The van der Waals surface area contributed by atoms with Gasteiger partial charge in [0, 0.05) is 6.04 Å². The standard InChI is InChI=1S/C13H18N4O3/c1-20-13(19)10-6-15-7-12(16-10)17(8-11(14)18)9-4-2-3-5-9/h6-7,9H,2-5,8H2,1H3,(H2,14,18). The van der Waals surface area contributed by atoms with Gasteiger partial charge in [-0.1, -0.05) is 12.8 Å². The van der Waals surface area contributed by atoms with Gasteiger partial charge < -0.3 is 15.4 Å². The number of hydrogen-bond acceptors (Lipinski definition) is 6. The smallest absolute Gasteiger partial charge is 0.358 e. The van der Waals surface area contributed by atoms with Crippen molar-refractivity contribution >= 4 is 17.7 Å². The van der Waals surface area contributed by atoms with Crippen molar-refractivity contribution in [3.8, 4) is 0 Å². The summed E-state index contributed by atoms with van der Waals surface area (Å²) in [5.74, 6) is -0.495. The first kappa shape index (κ1) is 14.2. The van der Waals surface area contributed by atoms with E-state index in [4.69, 9.17) is 5.73 Å². The predicted molar refractivity (Wildman–Crippen MR) is 72.2 cm³/mol. The molecule has 0 radical (unpaired) electrons. The number of carbonyl (C=O) groups is 2. The number of ether oxygens (including phenoxy) is 1. The molecule has 1 aliphatic carbocycles. The Morgan fingerprint density at radius 2 is 2.10 bits per heavy atom. The zero-order valence-corrected chi connectivity index (χ0v) is 11.4. The van der Waals surface area contributed by atoms with Crippen LogP contribution in [0, 0.1) is 0 Å². The predicted octanol–water partition coefficient (Wildman–Crippen LogP) is 0.497. The molecule has 1 aromatic rings. The van der Waals surface area contributed by atoms with Crippen LogP contribution < -0.4 is 10.6 Å². The average molecular weight is 278 g/mol. The summed E-state index contributed by atoms with van der Waals surface area (Å²) in [4.78, 5) is 32.8. The van der Waals surface area contributed by atoms with Crippen LogP contribution in [-0.4, -0.2) is 41.5 Å². The number of esters is 1. The van der Waals surface area contributed by atoms with Gasteiger partial charge in [-0.05, 0) is 12.8 Å². The van der Waals surface area contributed by atoms with Gasteiger partial charge >= 0.3 is 5.97 Å². The molecule has 7 nitrogen and oxygen atoms in total. The number of carbonyl (C=O) groups excluding carboxylic acids is 2. The van der Waals surface area contributed by atoms with Crippen LogP contribution in [0.3, 0.4) is 0 Å². The van der Waals surface area contributed by atoms with E-state index >= 15 is 0 Å². The third-order valence-electron chi connectivity index (χ3n) is 3.40. The molecule has 1 amide bonds. The van der Waals surface area contributed by atoms with Crippen molar-refractivity contribution in [3.63, 3.8) is 0 Å². The SMILES string of the molecule is COC(=O)c1cncc(N(CC(N)=O)C2CCCC2)n1. The highest BCUT2D eigenvalue weighted by Gasteiger charge is 2.25. The largest absolute Gasteiger partial charge is 0.464 e. The van der Waals surface area contributed by atoms with Crippen molar-refractivity contribution in [2.45, 2.75) is 31.7 Å². The molecule has 1 aromatic heterocycles. The molecule has 0 aliphatic heterocycles. The van der Waals surface area contributed by atoms with E-state index in [0.717, 1.165) is 25.7 Å². The third kappa shape index (κ3) is 3.23. The van der Waals surface area contributed by atoms with E-state index in [1.807, 2.05) is 4.90 Å². The van der Waals surface area contributed by atoms with Gasteiger partial charge in [-0.2, -0.15) is 0 Å². The summed E-state index contributed by atoms with van der Waals surface area (Å²) in [6.45, 7) is 0.0734. The van der Waals surface area contributed by atoms with Crippen LogP contribution in [0.15, 0.2) is 12.4 Å². The van der Waals surface area contributed by atoms with Crippen molar-refractivity contribution in [1.82, 2.24) is 9.97 Å². The number of anilines is 1. The van der Waals surface area contributed by atoms with Gasteiger partial charge in [-0.15, -0.1) is 0 Å². The normalized spacial score (nSPS) is 15.1.